The van der Waals surface area contributed by atoms with Gasteiger partial charge in [-0.05, 0) is 17.9 Å². The third kappa shape index (κ3) is 7.46. The minimum atomic E-state index is -0.523. The van der Waals surface area contributed by atoms with E-state index in [4.69, 9.17) is 10.5 Å². The normalized spacial score (nSPS) is 12.0. The van der Waals surface area contributed by atoms with Gasteiger partial charge in [0.2, 0.25) is 5.91 Å². The van der Waals surface area contributed by atoms with Crippen LogP contribution < -0.4 is 11.1 Å². The first kappa shape index (κ1) is 17.2. The molecule has 1 aromatic carbocycles. The van der Waals surface area contributed by atoms with Crippen LogP contribution in [0.2, 0.25) is 0 Å². The fourth-order valence-electron chi connectivity index (χ4n) is 1.84. The number of rotatable bonds is 8. The molecule has 5 heteroatoms. The van der Waals surface area contributed by atoms with Gasteiger partial charge in [0.25, 0.3) is 0 Å². The molecule has 116 valence electrons. The number of nitrogens with one attached hydrogen (secondary N) is 1. The molecule has 1 atom stereocenters. The summed E-state index contributed by atoms with van der Waals surface area (Å²) in [7, 11) is 0. The van der Waals surface area contributed by atoms with Crippen LogP contribution in [0, 0.1) is 5.92 Å². The van der Waals surface area contributed by atoms with E-state index >= 15 is 0 Å². The number of esters is 1. The molecule has 1 amide bonds. The maximum absolute atomic E-state index is 11.7. The summed E-state index contributed by atoms with van der Waals surface area (Å²) in [4.78, 5) is 23.2. The average molecular weight is 292 g/mol. The summed E-state index contributed by atoms with van der Waals surface area (Å²) in [5, 5.41) is 2.65. The highest BCUT2D eigenvalue weighted by Gasteiger charge is 2.14. The average Bonchev–Trinajstić information content (AvgIpc) is 2.45. The molecule has 0 aliphatic carbocycles. The molecule has 0 spiro atoms. The molecule has 21 heavy (non-hydrogen) atoms. The first-order valence-electron chi connectivity index (χ1n) is 7.22. The highest BCUT2D eigenvalue weighted by molar-refractivity contribution is 5.82. The Hall–Kier alpha value is -1.88. The van der Waals surface area contributed by atoms with Crippen LogP contribution in [0.3, 0.4) is 0 Å². The van der Waals surface area contributed by atoms with Crippen molar-refractivity contribution in [2.75, 3.05) is 6.54 Å². The third-order valence-electron chi connectivity index (χ3n) is 2.93. The van der Waals surface area contributed by atoms with Gasteiger partial charge in [0.1, 0.15) is 6.61 Å². The second kappa shape index (κ2) is 9.13. The lowest BCUT2D eigenvalue weighted by Crippen LogP contribution is -2.42. The summed E-state index contributed by atoms with van der Waals surface area (Å²) in [6.07, 6.45) is 0.775. The highest BCUT2D eigenvalue weighted by Crippen LogP contribution is 2.03. The summed E-state index contributed by atoms with van der Waals surface area (Å²) in [6, 6.07) is 8.94. The topological polar surface area (TPSA) is 81.4 Å². The van der Waals surface area contributed by atoms with Crippen molar-refractivity contribution in [2.45, 2.75) is 39.3 Å². The molecule has 0 radical (unpaired) electrons. The van der Waals surface area contributed by atoms with Gasteiger partial charge in [-0.15, -0.1) is 0 Å². The van der Waals surface area contributed by atoms with E-state index in [-0.39, 0.29) is 31.4 Å². The molecule has 0 bridgehead atoms. The largest absolute Gasteiger partial charge is 0.461 e. The first-order chi connectivity index (χ1) is 9.99. The maximum Gasteiger partial charge on any atom is 0.307 e. The minimum absolute atomic E-state index is 0.146. The van der Waals surface area contributed by atoms with Crippen molar-refractivity contribution in [3.8, 4) is 0 Å². The van der Waals surface area contributed by atoms with Gasteiger partial charge in [-0.3, -0.25) is 9.59 Å². The van der Waals surface area contributed by atoms with Crippen LogP contribution in [-0.4, -0.2) is 24.5 Å². The molecule has 0 saturated carbocycles. The Kier molecular flexibility index (Phi) is 7.46. The van der Waals surface area contributed by atoms with E-state index < -0.39 is 6.04 Å². The Balaban J connectivity index is 2.17. The number of carbonyl (C=O) groups excluding carboxylic acids is 2. The molecule has 0 fully saturated rings. The Bertz CT molecular complexity index is 446. The number of carbonyl (C=O) groups is 2. The number of benzene rings is 1. The molecule has 0 unspecified atom stereocenters. The second-order valence-electron chi connectivity index (χ2n) is 5.42. The van der Waals surface area contributed by atoms with Gasteiger partial charge in [-0.2, -0.15) is 0 Å². The fourth-order valence-corrected chi connectivity index (χ4v) is 1.84. The highest BCUT2D eigenvalue weighted by atomic mass is 16.5. The second-order valence-corrected chi connectivity index (χ2v) is 5.42. The summed E-state index contributed by atoms with van der Waals surface area (Å²) >= 11 is 0. The lowest BCUT2D eigenvalue weighted by atomic mass is 10.0. The Morgan fingerprint density at radius 3 is 2.52 bits per heavy atom. The lowest BCUT2D eigenvalue weighted by molar-refractivity contribution is -0.144. The van der Waals surface area contributed by atoms with E-state index in [2.05, 4.69) is 5.32 Å². The Morgan fingerprint density at radius 1 is 1.24 bits per heavy atom. The lowest BCUT2D eigenvalue weighted by Gasteiger charge is -2.13. The van der Waals surface area contributed by atoms with Crippen LogP contribution >= 0.6 is 0 Å². The first-order valence-corrected chi connectivity index (χ1v) is 7.22. The Labute approximate surface area is 125 Å². The van der Waals surface area contributed by atoms with Crippen molar-refractivity contribution in [1.82, 2.24) is 5.32 Å². The van der Waals surface area contributed by atoms with Crippen LogP contribution in [0.4, 0.5) is 0 Å². The SMILES string of the molecule is CC(C)C[C@H](N)C(=O)NCCC(=O)OCc1ccccc1. The van der Waals surface area contributed by atoms with Gasteiger partial charge in [-0.1, -0.05) is 44.2 Å². The van der Waals surface area contributed by atoms with E-state index in [1.165, 1.54) is 0 Å². The van der Waals surface area contributed by atoms with Gasteiger partial charge in [0.15, 0.2) is 0 Å². The van der Waals surface area contributed by atoms with Crippen molar-refractivity contribution >= 4 is 11.9 Å². The molecule has 0 aromatic heterocycles. The smallest absolute Gasteiger partial charge is 0.307 e. The van der Waals surface area contributed by atoms with Crippen molar-refractivity contribution in [3.05, 3.63) is 35.9 Å². The number of hydrogen-bond donors (Lipinski definition) is 2. The van der Waals surface area contributed by atoms with Crippen LogP contribution in [0.15, 0.2) is 30.3 Å². The summed E-state index contributed by atoms with van der Waals surface area (Å²) in [5.74, 6) is -0.197. The van der Waals surface area contributed by atoms with Crippen molar-refractivity contribution in [2.24, 2.45) is 11.7 Å². The van der Waals surface area contributed by atoms with E-state index in [9.17, 15) is 9.59 Å². The zero-order valence-electron chi connectivity index (χ0n) is 12.7. The summed E-state index contributed by atoms with van der Waals surface area (Å²) in [5.41, 5.74) is 6.68. The number of nitrogens with two attached hydrogens (primary N) is 1. The van der Waals surface area contributed by atoms with E-state index in [1.54, 1.807) is 0 Å². The summed E-state index contributed by atoms with van der Waals surface area (Å²) < 4.78 is 5.11. The molecule has 0 aliphatic heterocycles. The quantitative estimate of drug-likeness (QED) is 0.713. The predicted octanol–water partition coefficient (Wildman–Crippen LogP) is 1.61. The van der Waals surface area contributed by atoms with Gasteiger partial charge in [0.05, 0.1) is 12.5 Å². The number of ether oxygens (including phenoxy) is 1. The molecule has 3 N–H and O–H groups in total. The molecule has 5 nitrogen and oxygen atoms in total. The molecule has 0 aliphatic rings. The monoisotopic (exact) mass is 292 g/mol. The van der Waals surface area contributed by atoms with E-state index in [0.717, 1.165) is 5.56 Å². The van der Waals surface area contributed by atoms with Gasteiger partial charge in [0, 0.05) is 6.54 Å². The van der Waals surface area contributed by atoms with Crippen LogP contribution in [0.5, 0.6) is 0 Å². The van der Waals surface area contributed by atoms with Crippen LogP contribution in [0.1, 0.15) is 32.3 Å². The molecule has 1 rings (SSSR count). The maximum atomic E-state index is 11.7. The van der Waals surface area contributed by atoms with Crippen molar-refractivity contribution < 1.29 is 14.3 Å². The molecule has 1 aromatic rings. The predicted molar refractivity (Wildman–Crippen MR) is 81.3 cm³/mol. The zero-order chi connectivity index (χ0) is 15.7. The molecular formula is C16H24N2O3. The zero-order valence-corrected chi connectivity index (χ0v) is 12.7. The molecular weight excluding hydrogens is 268 g/mol. The standard InChI is InChI=1S/C16H24N2O3/c1-12(2)10-14(17)16(20)18-9-8-15(19)21-11-13-6-4-3-5-7-13/h3-7,12,14H,8-11,17H2,1-2H3,(H,18,20)/t14-/m0/s1. The summed E-state index contributed by atoms with van der Waals surface area (Å²) in [6.45, 7) is 4.51. The molecule has 0 heterocycles. The number of hydrogen-bond acceptors (Lipinski definition) is 4. The third-order valence-corrected chi connectivity index (χ3v) is 2.93. The van der Waals surface area contributed by atoms with Crippen molar-refractivity contribution in [3.63, 3.8) is 0 Å². The van der Waals surface area contributed by atoms with E-state index in [0.29, 0.717) is 12.3 Å². The number of amides is 1. The van der Waals surface area contributed by atoms with Gasteiger partial charge < -0.3 is 15.8 Å². The minimum Gasteiger partial charge on any atom is -0.461 e. The van der Waals surface area contributed by atoms with Gasteiger partial charge in [-0.25, -0.2) is 0 Å². The van der Waals surface area contributed by atoms with Crippen LogP contribution in [0.25, 0.3) is 0 Å². The van der Waals surface area contributed by atoms with Gasteiger partial charge >= 0.3 is 5.97 Å². The Morgan fingerprint density at radius 2 is 1.90 bits per heavy atom. The molecule has 0 saturated heterocycles. The fraction of sp³-hybridized carbons (Fsp3) is 0.500. The van der Waals surface area contributed by atoms with Crippen molar-refractivity contribution in [1.29, 1.82) is 0 Å². The van der Waals surface area contributed by atoms with E-state index in [1.807, 2.05) is 44.2 Å². The van der Waals surface area contributed by atoms with Crippen LogP contribution in [-0.2, 0) is 20.9 Å².